The summed E-state index contributed by atoms with van der Waals surface area (Å²) in [5, 5.41) is 6.48. The van der Waals surface area contributed by atoms with Gasteiger partial charge in [-0.15, -0.1) is 0 Å². The van der Waals surface area contributed by atoms with Crippen LogP contribution in [0.3, 0.4) is 0 Å². The quantitative estimate of drug-likeness (QED) is 0.292. The Morgan fingerprint density at radius 1 is 0.903 bits per heavy atom. The zero-order valence-electron chi connectivity index (χ0n) is 16.8. The minimum absolute atomic E-state index is 0.364. The van der Waals surface area contributed by atoms with Crippen molar-refractivity contribution in [1.29, 1.82) is 0 Å². The summed E-state index contributed by atoms with van der Waals surface area (Å²) in [6, 6.07) is 25.0. The number of amides is 2. The number of carbonyl (C=O) groups is 2. The third-order valence-corrected chi connectivity index (χ3v) is 4.82. The van der Waals surface area contributed by atoms with E-state index in [1.54, 1.807) is 0 Å². The Morgan fingerprint density at radius 2 is 1.58 bits per heavy atom. The van der Waals surface area contributed by atoms with Crippen molar-refractivity contribution in [3.05, 3.63) is 100 Å². The lowest BCUT2D eigenvalue weighted by atomic mass is 10.1. The largest absolute Gasteiger partial charge is 0.488 e. The number of carbonyl (C=O) groups excluding carboxylic acids is 2. The van der Waals surface area contributed by atoms with E-state index in [1.165, 1.54) is 6.21 Å². The maximum Gasteiger partial charge on any atom is 0.329 e. The van der Waals surface area contributed by atoms with Gasteiger partial charge in [0.05, 0.1) is 6.21 Å². The number of benzene rings is 3. The molecule has 0 saturated carbocycles. The molecule has 0 atom stereocenters. The van der Waals surface area contributed by atoms with Gasteiger partial charge in [0, 0.05) is 16.6 Å². The van der Waals surface area contributed by atoms with E-state index in [4.69, 9.17) is 4.74 Å². The molecule has 0 aliphatic heterocycles. The van der Waals surface area contributed by atoms with Gasteiger partial charge in [0.1, 0.15) is 12.4 Å². The van der Waals surface area contributed by atoms with Crippen LogP contribution in [-0.4, -0.2) is 24.6 Å². The number of halogens is 1. The van der Waals surface area contributed by atoms with E-state index in [1.807, 2.05) is 78.9 Å². The van der Waals surface area contributed by atoms with E-state index >= 15 is 0 Å². The Bertz CT molecular complexity index is 1040. The smallest absolute Gasteiger partial charge is 0.329 e. The summed E-state index contributed by atoms with van der Waals surface area (Å²) < 4.78 is 6.71. The highest BCUT2D eigenvalue weighted by Gasteiger charge is 2.12. The van der Waals surface area contributed by atoms with Gasteiger partial charge in [-0.2, -0.15) is 5.10 Å². The first-order valence-electron chi connectivity index (χ1n) is 9.73. The zero-order valence-corrected chi connectivity index (χ0v) is 18.3. The summed E-state index contributed by atoms with van der Waals surface area (Å²) in [5.41, 5.74) is 5.03. The average Bonchev–Trinajstić information content (AvgIpc) is 2.80. The normalized spacial score (nSPS) is 10.6. The molecule has 3 rings (SSSR count). The fourth-order valence-corrected chi connectivity index (χ4v) is 3.12. The van der Waals surface area contributed by atoms with Gasteiger partial charge in [0.15, 0.2) is 0 Å². The van der Waals surface area contributed by atoms with Crippen molar-refractivity contribution >= 4 is 34.0 Å². The molecule has 0 aliphatic rings. The first-order valence-corrected chi connectivity index (χ1v) is 10.5. The summed E-state index contributed by atoms with van der Waals surface area (Å²) >= 11 is 3.42. The minimum atomic E-state index is -0.828. The lowest BCUT2D eigenvalue weighted by molar-refractivity contribution is -0.139. The van der Waals surface area contributed by atoms with E-state index in [0.717, 1.165) is 15.6 Å². The van der Waals surface area contributed by atoms with Gasteiger partial charge in [-0.1, -0.05) is 76.6 Å². The zero-order chi connectivity index (χ0) is 21.9. The summed E-state index contributed by atoms with van der Waals surface area (Å²) in [7, 11) is 0. The molecule has 0 radical (unpaired) electrons. The van der Waals surface area contributed by atoms with E-state index in [0.29, 0.717) is 30.9 Å². The summed E-state index contributed by atoms with van der Waals surface area (Å²) in [5.74, 6) is -0.952. The average molecular weight is 480 g/mol. The van der Waals surface area contributed by atoms with Crippen molar-refractivity contribution in [1.82, 2.24) is 10.7 Å². The number of ether oxygens (including phenoxy) is 1. The van der Waals surface area contributed by atoms with E-state index in [9.17, 15) is 9.59 Å². The molecular formula is C24H22BrN3O3. The second kappa shape index (κ2) is 11.7. The van der Waals surface area contributed by atoms with Crippen molar-refractivity contribution < 1.29 is 14.3 Å². The molecule has 0 heterocycles. The third-order valence-electron chi connectivity index (χ3n) is 4.33. The van der Waals surface area contributed by atoms with Crippen molar-refractivity contribution in [3.63, 3.8) is 0 Å². The molecule has 0 unspecified atom stereocenters. The molecule has 31 heavy (non-hydrogen) atoms. The van der Waals surface area contributed by atoms with Gasteiger partial charge in [0.2, 0.25) is 0 Å². The number of rotatable bonds is 8. The van der Waals surface area contributed by atoms with Crippen molar-refractivity contribution in [2.45, 2.75) is 13.0 Å². The van der Waals surface area contributed by atoms with E-state index in [2.05, 4.69) is 31.8 Å². The van der Waals surface area contributed by atoms with Crippen molar-refractivity contribution in [2.24, 2.45) is 5.10 Å². The molecule has 6 nitrogen and oxygen atoms in total. The van der Waals surface area contributed by atoms with Crippen LogP contribution < -0.4 is 15.5 Å². The molecule has 0 bridgehead atoms. The van der Waals surface area contributed by atoms with Gasteiger partial charge in [-0.3, -0.25) is 9.59 Å². The Morgan fingerprint density at radius 3 is 2.29 bits per heavy atom. The van der Waals surface area contributed by atoms with Crippen LogP contribution in [0.25, 0.3) is 0 Å². The first-order chi connectivity index (χ1) is 15.1. The van der Waals surface area contributed by atoms with Crippen LogP contribution >= 0.6 is 15.9 Å². The second-order valence-corrected chi connectivity index (χ2v) is 7.56. The minimum Gasteiger partial charge on any atom is -0.488 e. The van der Waals surface area contributed by atoms with Crippen LogP contribution in [-0.2, 0) is 22.6 Å². The fraction of sp³-hybridized carbons (Fsp3) is 0.125. The van der Waals surface area contributed by atoms with Crippen molar-refractivity contribution in [2.75, 3.05) is 6.54 Å². The molecule has 0 aliphatic carbocycles. The number of hydrogen-bond donors (Lipinski definition) is 2. The van der Waals surface area contributed by atoms with Crippen LogP contribution in [0.15, 0.2) is 88.4 Å². The summed E-state index contributed by atoms with van der Waals surface area (Å²) in [4.78, 5) is 23.9. The monoisotopic (exact) mass is 479 g/mol. The molecule has 2 N–H and O–H groups in total. The third kappa shape index (κ3) is 7.38. The highest BCUT2D eigenvalue weighted by Crippen LogP contribution is 2.22. The Labute approximate surface area is 189 Å². The van der Waals surface area contributed by atoms with Crippen LogP contribution in [0, 0.1) is 0 Å². The molecule has 3 aromatic rings. The Hall–Kier alpha value is -3.45. The molecule has 0 saturated heterocycles. The summed E-state index contributed by atoms with van der Waals surface area (Å²) in [6.45, 7) is 0.766. The lowest BCUT2D eigenvalue weighted by Gasteiger charge is -2.09. The first kappa shape index (κ1) is 22.2. The van der Waals surface area contributed by atoms with Crippen LogP contribution in [0.5, 0.6) is 5.75 Å². The topological polar surface area (TPSA) is 79.8 Å². The standard InChI is InChI=1S/C24H22BrN3O3/c25-21-11-12-22(31-17-19-9-5-2-6-10-19)20(15-21)16-27-28-24(30)23(29)26-14-13-18-7-3-1-4-8-18/h1-12,15-16H,13-14,17H2,(H,26,29)(H,28,30)/b27-16-. The molecule has 0 fully saturated rings. The number of hydrogen-bond acceptors (Lipinski definition) is 4. The Balaban J connectivity index is 1.51. The molecular weight excluding hydrogens is 458 g/mol. The van der Waals surface area contributed by atoms with Crippen LogP contribution in [0.2, 0.25) is 0 Å². The van der Waals surface area contributed by atoms with Crippen molar-refractivity contribution in [3.8, 4) is 5.75 Å². The highest BCUT2D eigenvalue weighted by atomic mass is 79.9. The number of hydrazone groups is 1. The molecule has 0 spiro atoms. The van der Waals surface area contributed by atoms with Gasteiger partial charge >= 0.3 is 11.8 Å². The van der Waals surface area contributed by atoms with Crippen LogP contribution in [0.4, 0.5) is 0 Å². The predicted molar refractivity (Wildman–Crippen MR) is 124 cm³/mol. The lowest BCUT2D eigenvalue weighted by Crippen LogP contribution is -2.38. The van der Waals surface area contributed by atoms with E-state index in [-0.39, 0.29) is 0 Å². The number of nitrogens with zero attached hydrogens (tertiary/aromatic N) is 1. The van der Waals surface area contributed by atoms with Gasteiger partial charge < -0.3 is 10.1 Å². The molecule has 3 aromatic carbocycles. The molecule has 2 amide bonds. The Kier molecular flexibility index (Phi) is 8.37. The van der Waals surface area contributed by atoms with Crippen LogP contribution in [0.1, 0.15) is 16.7 Å². The second-order valence-electron chi connectivity index (χ2n) is 6.65. The van der Waals surface area contributed by atoms with Gasteiger partial charge in [-0.25, -0.2) is 5.43 Å². The molecule has 7 heteroatoms. The van der Waals surface area contributed by atoms with Gasteiger partial charge in [-0.05, 0) is 35.7 Å². The predicted octanol–water partition coefficient (Wildman–Crippen LogP) is 3.84. The summed E-state index contributed by atoms with van der Waals surface area (Å²) in [6.07, 6.45) is 2.09. The highest BCUT2D eigenvalue weighted by molar-refractivity contribution is 9.10. The molecule has 0 aromatic heterocycles. The number of nitrogens with one attached hydrogen (secondary N) is 2. The van der Waals surface area contributed by atoms with E-state index < -0.39 is 11.8 Å². The maximum absolute atomic E-state index is 12.0. The SMILES string of the molecule is O=C(NCCc1ccccc1)C(=O)N/N=C\c1cc(Br)ccc1OCc1ccccc1. The molecule has 158 valence electrons. The van der Waals surface area contributed by atoms with Gasteiger partial charge in [0.25, 0.3) is 0 Å². The fourth-order valence-electron chi connectivity index (χ4n) is 2.74. The maximum atomic E-state index is 12.0.